The van der Waals surface area contributed by atoms with Crippen molar-refractivity contribution in [3.63, 3.8) is 0 Å². The van der Waals surface area contributed by atoms with Gasteiger partial charge in [0.05, 0.1) is 34.5 Å². The molecule has 0 saturated carbocycles. The highest BCUT2D eigenvalue weighted by molar-refractivity contribution is 6.33. The van der Waals surface area contributed by atoms with Crippen LogP contribution in [0.5, 0.6) is 0 Å². The van der Waals surface area contributed by atoms with E-state index in [9.17, 15) is 14.4 Å². The molecule has 11 heteroatoms. The fourth-order valence-electron chi connectivity index (χ4n) is 3.97. The number of hydrogen-bond acceptors (Lipinski definition) is 5. The molecular formula is C27H31ClN6O4. The number of piperidine rings is 1. The third kappa shape index (κ3) is 7.25. The number of halogens is 1. The molecule has 3 aromatic rings. The van der Waals surface area contributed by atoms with E-state index >= 15 is 0 Å². The SMILES string of the molecule is CC(C)(C)OC(=O)N1CCC(NC(=O)c2cccc(-n3cc(NC(=O)Nc4ccccc4Cl)cn3)c2)CC1. The summed E-state index contributed by atoms with van der Waals surface area (Å²) in [5, 5.41) is 13.2. The lowest BCUT2D eigenvalue weighted by Gasteiger charge is -2.33. The molecule has 0 radical (unpaired) electrons. The van der Waals surface area contributed by atoms with Crippen LogP contribution in [0.1, 0.15) is 44.0 Å². The fraction of sp³-hybridized carbons (Fsp3) is 0.333. The zero-order valence-electron chi connectivity index (χ0n) is 21.5. The number of rotatable bonds is 5. The Morgan fingerprint density at radius 1 is 1.03 bits per heavy atom. The Balaban J connectivity index is 1.32. The number of amides is 4. The lowest BCUT2D eigenvalue weighted by molar-refractivity contribution is 0.0199. The monoisotopic (exact) mass is 538 g/mol. The van der Waals surface area contributed by atoms with Crippen molar-refractivity contribution in [2.45, 2.75) is 45.3 Å². The Bertz CT molecular complexity index is 1310. The molecule has 200 valence electrons. The molecule has 2 heterocycles. The summed E-state index contributed by atoms with van der Waals surface area (Å²) < 4.78 is 7.00. The summed E-state index contributed by atoms with van der Waals surface area (Å²) in [6, 6.07) is 13.5. The molecule has 1 saturated heterocycles. The van der Waals surface area contributed by atoms with E-state index in [1.54, 1.807) is 58.2 Å². The van der Waals surface area contributed by atoms with Gasteiger partial charge in [0, 0.05) is 24.7 Å². The molecule has 38 heavy (non-hydrogen) atoms. The molecule has 0 unspecified atom stereocenters. The molecule has 4 amide bonds. The van der Waals surface area contributed by atoms with Crippen LogP contribution in [0.15, 0.2) is 60.9 Å². The second-order valence-electron chi connectivity index (χ2n) is 10.00. The number of urea groups is 1. The van der Waals surface area contributed by atoms with E-state index in [1.165, 1.54) is 6.20 Å². The zero-order valence-corrected chi connectivity index (χ0v) is 22.3. The fourth-order valence-corrected chi connectivity index (χ4v) is 4.15. The van der Waals surface area contributed by atoms with Crippen LogP contribution >= 0.6 is 11.6 Å². The van der Waals surface area contributed by atoms with Gasteiger partial charge in [-0.05, 0) is 63.9 Å². The molecule has 0 atom stereocenters. The average Bonchev–Trinajstić information content (AvgIpc) is 3.33. The molecular weight excluding hydrogens is 508 g/mol. The molecule has 10 nitrogen and oxygen atoms in total. The second-order valence-corrected chi connectivity index (χ2v) is 10.4. The molecule has 1 aliphatic rings. The van der Waals surface area contributed by atoms with Gasteiger partial charge in [-0.1, -0.05) is 29.8 Å². The van der Waals surface area contributed by atoms with Crippen LogP contribution in [0.3, 0.4) is 0 Å². The van der Waals surface area contributed by atoms with Gasteiger partial charge >= 0.3 is 12.1 Å². The topological polar surface area (TPSA) is 118 Å². The first-order valence-electron chi connectivity index (χ1n) is 12.3. The van der Waals surface area contributed by atoms with Crippen molar-refractivity contribution in [1.29, 1.82) is 0 Å². The van der Waals surface area contributed by atoms with Gasteiger partial charge in [0.2, 0.25) is 0 Å². The van der Waals surface area contributed by atoms with E-state index in [0.29, 0.717) is 53.6 Å². The number of benzene rings is 2. The number of anilines is 2. The van der Waals surface area contributed by atoms with Gasteiger partial charge in [0.1, 0.15) is 5.60 Å². The number of ether oxygens (including phenoxy) is 1. The molecule has 1 aliphatic heterocycles. The molecule has 1 fully saturated rings. The summed E-state index contributed by atoms with van der Waals surface area (Å²) in [4.78, 5) is 39.2. The Hall–Kier alpha value is -4.05. The lowest BCUT2D eigenvalue weighted by atomic mass is 10.0. The molecule has 0 bridgehead atoms. The van der Waals surface area contributed by atoms with Crippen molar-refractivity contribution in [3.8, 4) is 5.69 Å². The van der Waals surface area contributed by atoms with Crippen LogP contribution < -0.4 is 16.0 Å². The standard InChI is InChI=1S/C27H31ClN6O4/c1-27(2,3)38-26(37)33-13-11-19(12-14-33)30-24(35)18-7-6-8-21(15-18)34-17-20(16-29-34)31-25(36)32-23-10-5-4-9-22(23)28/h4-10,15-17,19H,11-14H2,1-3H3,(H,30,35)(H2,31,32,36). The molecule has 0 spiro atoms. The third-order valence-electron chi connectivity index (χ3n) is 5.82. The maximum absolute atomic E-state index is 12.9. The molecule has 2 aromatic carbocycles. The number of nitrogens with zero attached hydrogens (tertiary/aromatic N) is 3. The summed E-state index contributed by atoms with van der Waals surface area (Å²) in [5.74, 6) is -0.202. The van der Waals surface area contributed by atoms with E-state index < -0.39 is 11.6 Å². The number of hydrogen-bond donors (Lipinski definition) is 3. The Morgan fingerprint density at radius 3 is 2.47 bits per heavy atom. The number of likely N-dealkylation sites (tertiary alicyclic amines) is 1. The van der Waals surface area contributed by atoms with Crippen LogP contribution in [0, 0.1) is 0 Å². The largest absolute Gasteiger partial charge is 0.444 e. The van der Waals surface area contributed by atoms with Crippen molar-refractivity contribution < 1.29 is 19.1 Å². The van der Waals surface area contributed by atoms with Crippen molar-refractivity contribution in [2.24, 2.45) is 0 Å². The van der Waals surface area contributed by atoms with E-state index in [0.717, 1.165) is 0 Å². The van der Waals surface area contributed by atoms with Gasteiger partial charge in [0.15, 0.2) is 0 Å². The summed E-state index contributed by atoms with van der Waals surface area (Å²) in [7, 11) is 0. The van der Waals surface area contributed by atoms with Gasteiger partial charge in [-0.15, -0.1) is 0 Å². The van der Waals surface area contributed by atoms with Crippen molar-refractivity contribution >= 4 is 41.0 Å². The normalized spacial score (nSPS) is 14.1. The average molecular weight is 539 g/mol. The van der Waals surface area contributed by atoms with Gasteiger partial charge in [-0.25, -0.2) is 14.3 Å². The van der Waals surface area contributed by atoms with E-state index in [4.69, 9.17) is 16.3 Å². The maximum Gasteiger partial charge on any atom is 0.410 e. The highest BCUT2D eigenvalue weighted by Crippen LogP contribution is 2.21. The lowest BCUT2D eigenvalue weighted by Crippen LogP contribution is -2.47. The minimum Gasteiger partial charge on any atom is -0.444 e. The first-order valence-corrected chi connectivity index (χ1v) is 12.7. The summed E-state index contributed by atoms with van der Waals surface area (Å²) in [5.41, 5.74) is 1.58. The number of carbonyl (C=O) groups excluding carboxylic acids is 3. The highest BCUT2D eigenvalue weighted by Gasteiger charge is 2.27. The van der Waals surface area contributed by atoms with Gasteiger partial charge in [-0.2, -0.15) is 5.10 Å². The van der Waals surface area contributed by atoms with Crippen LogP contribution in [0.4, 0.5) is 21.0 Å². The quantitative estimate of drug-likeness (QED) is 0.407. The van der Waals surface area contributed by atoms with Crippen molar-refractivity contribution in [2.75, 3.05) is 23.7 Å². The van der Waals surface area contributed by atoms with Crippen LogP contribution in [-0.4, -0.2) is 57.4 Å². The van der Waals surface area contributed by atoms with Crippen LogP contribution in [0.25, 0.3) is 5.69 Å². The third-order valence-corrected chi connectivity index (χ3v) is 6.15. The van der Waals surface area contributed by atoms with Gasteiger partial charge < -0.3 is 25.6 Å². The Morgan fingerprint density at radius 2 is 1.76 bits per heavy atom. The van der Waals surface area contributed by atoms with Crippen molar-refractivity contribution in [3.05, 3.63) is 71.5 Å². The van der Waals surface area contributed by atoms with Crippen LogP contribution in [0.2, 0.25) is 5.02 Å². The number of nitrogens with one attached hydrogen (secondary N) is 3. The van der Waals surface area contributed by atoms with E-state index in [2.05, 4.69) is 21.0 Å². The molecule has 1 aromatic heterocycles. The molecule has 4 rings (SSSR count). The smallest absolute Gasteiger partial charge is 0.410 e. The maximum atomic E-state index is 12.9. The van der Waals surface area contributed by atoms with E-state index in [1.807, 2.05) is 26.8 Å². The Kier molecular flexibility index (Phi) is 8.21. The zero-order chi connectivity index (χ0) is 27.3. The summed E-state index contributed by atoms with van der Waals surface area (Å²) in [6.45, 7) is 6.56. The minimum atomic E-state index is -0.540. The number of carbonyl (C=O) groups is 3. The molecule has 0 aliphatic carbocycles. The van der Waals surface area contributed by atoms with Crippen molar-refractivity contribution in [1.82, 2.24) is 20.0 Å². The first kappa shape index (κ1) is 27.0. The van der Waals surface area contributed by atoms with Gasteiger partial charge in [-0.3, -0.25) is 4.79 Å². The number of para-hydroxylation sites is 1. The Labute approximate surface area is 226 Å². The predicted molar refractivity (Wildman–Crippen MR) is 146 cm³/mol. The number of aromatic nitrogens is 2. The molecule has 3 N–H and O–H groups in total. The first-order chi connectivity index (χ1) is 18.1. The van der Waals surface area contributed by atoms with Gasteiger partial charge in [0.25, 0.3) is 5.91 Å². The summed E-state index contributed by atoms with van der Waals surface area (Å²) >= 11 is 6.08. The minimum absolute atomic E-state index is 0.0398. The van der Waals surface area contributed by atoms with E-state index in [-0.39, 0.29) is 18.0 Å². The predicted octanol–water partition coefficient (Wildman–Crippen LogP) is 5.30. The second kappa shape index (κ2) is 11.6. The highest BCUT2D eigenvalue weighted by atomic mass is 35.5. The summed E-state index contributed by atoms with van der Waals surface area (Å²) in [6.07, 6.45) is 4.13. The van der Waals surface area contributed by atoms with Crippen LogP contribution in [-0.2, 0) is 4.74 Å².